The van der Waals surface area contributed by atoms with Crippen molar-refractivity contribution in [2.24, 2.45) is 0 Å². The van der Waals surface area contributed by atoms with Crippen LogP contribution < -0.4 is 4.90 Å². The number of hydrogen-bond donors (Lipinski definition) is 0. The van der Waals surface area contributed by atoms with Gasteiger partial charge in [-0.2, -0.15) is 0 Å². The van der Waals surface area contributed by atoms with E-state index in [1.807, 2.05) is 23.1 Å². The Morgan fingerprint density at radius 1 is 1.07 bits per heavy atom. The summed E-state index contributed by atoms with van der Waals surface area (Å²) in [5.41, 5.74) is 1.84. The van der Waals surface area contributed by atoms with Crippen LogP contribution in [0.1, 0.15) is 24.2 Å². The van der Waals surface area contributed by atoms with Gasteiger partial charge in [-0.1, -0.05) is 31.3 Å². The SMILES string of the molecule is CSc1ccc2nc(N3CCN(C(=O)c4cccc(SC(C)C)c4)CC3)sc2c1. The molecular formula is C22H25N3OS3. The molecule has 0 radical (unpaired) electrons. The van der Waals surface area contributed by atoms with Crippen LogP contribution in [0.25, 0.3) is 10.2 Å². The molecule has 0 N–H and O–H groups in total. The molecule has 1 aliphatic heterocycles. The highest BCUT2D eigenvalue weighted by Crippen LogP contribution is 2.32. The van der Waals surface area contributed by atoms with Crippen LogP contribution in [0.2, 0.25) is 0 Å². The van der Waals surface area contributed by atoms with E-state index in [1.54, 1.807) is 34.9 Å². The van der Waals surface area contributed by atoms with Crippen LogP contribution in [0.3, 0.4) is 0 Å². The first-order valence-corrected chi connectivity index (χ1v) is 12.7. The highest BCUT2D eigenvalue weighted by molar-refractivity contribution is 8.00. The second kappa shape index (κ2) is 8.98. The number of thiazole rings is 1. The largest absolute Gasteiger partial charge is 0.345 e. The number of carbonyl (C=O) groups is 1. The molecular weight excluding hydrogens is 418 g/mol. The standard InChI is InChI=1S/C22H25N3OS3/c1-15(2)28-18-6-4-5-16(13-18)21(26)24-9-11-25(12-10-24)22-23-19-8-7-17(27-3)14-20(19)29-22/h4-8,13-15H,9-12H2,1-3H3. The van der Waals surface area contributed by atoms with Gasteiger partial charge in [0, 0.05) is 46.8 Å². The molecule has 0 aliphatic carbocycles. The highest BCUT2D eigenvalue weighted by Gasteiger charge is 2.24. The topological polar surface area (TPSA) is 36.4 Å². The summed E-state index contributed by atoms with van der Waals surface area (Å²) < 4.78 is 1.23. The van der Waals surface area contributed by atoms with Gasteiger partial charge < -0.3 is 9.80 Å². The van der Waals surface area contributed by atoms with Crippen molar-refractivity contribution in [1.29, 1.82) is 0 Å². The van der Waals surface area contributed by atoms with Crippen molar-refractivity contribution in [3.05, 3.63) is 48.0 Å². The Morgan fingerprint density at radius 3 is 2.59 bits per heavy atom. The van der Waals surface area contributed by atoms with E-state index in [0.29, 0.717) is 5.25 Å². The Bertz CT molecular complexity index is 1010. The number of fused-ring (bicyclic) bond motifs is 1. The fourth-order valence-electron chi connectivity index (χ4n) is 3.41. The summed E-state index contributed by atoms with van der Waals surface area (Å²) in [6.45, 7) is 7.44. The Labute approximate surface area is 184 Å². The Hall–Kier alpha value is -1.70. The van der Waals surface area contributed by atoms with E-state index < -0.39 is 0 Å². The first kappa shape index (κ1) is 20.6. The summed E-state index contributed by atoms with van der Waals surface area (Å²) >= 11 is 5.29. The molecule has 29 heavy (non-hydrogen) atoms. The first-order chi connectivity index (χ1) is 14.0. The number of benzene rings is 2. The maximum Gasteiger partial charge on any atom is 0.254 e. The van der Waals surface area contributed by atoms with Gasteiger partial charge >= 0.3 is 0 Å². The van der Waals surface area contributed by atoms with Gasteiger partial charge in [-0.05, 0) is 42.7 Å². The van der Waals surface area contributed by atoms with Crippen LogP contribution in [0.4, 0.5) is 5.13 Å². The van der Waals surface area contributed by atoms with Gasteiger partial charge in [0.1, 0.15) is 0 Å². The van der Waals surface area contributed by atoms with Crippen molar-refractivity contribution in [3.8, 4) is 0 Å². The molecule has 1 aliphatic rings. The van der Waals surface area contributed by atoms with E-state index in [9.17, 15) is 4.79 Å². The summed E-state index contributed by atoms with van der Waals surface area (Å²) in [6, 6.07) is 14.4. The lowest BCUT2D eigenvalue weighted by Crippen LogP contribution is -2.48. The average Bonchev–Trinajstić information content (AvgIpc) is 3.16. The number of carbonyl (C=O) groups excluding carboxylic acids is 1. The maximum atomic E-state index is 13.0. The van der Waals surface area contributed by atoms with Crippen LogP contribution in [0, 0.1) is 0 Å². The van der Waals surface area contributed by atoms with Crippen molar-refractivity contribution in [3.63, 3.8) is 0 Å². The van der Waals surface area contributed by atoms with E-state index in [2.05, 4.69) is 49.3 Å². The molecule has 0 spiro atoms. The second-order valence-corrected chi connectivity index (χ2v) is 10.8. The number of aromatic nitrogens is 1. The fourth-order valence-corrected chi connectivity index (χ4v) is 5.88. The summed E-state index contributed by atoms with van der Waals surface area (Å²) in [4.78, 5) is 24.5. The minimum absolute atomic E-state index is 0.129. The van der Waals surface area contributed by atoms with Gasteiger partial charge in [-0.3, -0.25) is 4.79 Å². The minimum Gasteiger partial charge on any atom is -0.345 e. The Balaban J connectivity index is 1.42. The zero-order valence-corrected chi connectivity index (χ0v) is 19.4. The number of rotatable bonds is 5. The molecule has 2 aromatic carbocycles. The van der Waals surface area contributed by atoms with Crippen molar-refractivity contribution in [2.45, 2.75) is 28.9 Å². The summed E-state index contributed by atoms with van der Waals surface area (Å²) in [5.74, 6) is 0.129. The molecule has 152 valence electrons. The number of amides is 1. The van der Waals surface area contributed by atoms with Crippen molar-refractivity contribution in [1.82, 2.24) is 9.88 Å². The molecule has 7 heteroatoms. The van der Waals surface area contributed by atoms with E-state index in [1.165, 1.54) is 9.60 Å². The average molecular weight is 444 g/mol. The molecule has 0 atom stereocenters. The Kier molecular flexibility index (Phi) is 6.37. The van der Waals surface area contributed by atoms with E-state index in [-0.39, 0.29) is 5.91 Å². The molecule has 1 saturated heterocycles. The monoisotopic (exact) mass is 443 g/mol. The quantitative estimate of drug-likeness (QED) is 0.488. The molecule has 4 nitrogen and oxygen atoms in total. The molecule has 4 rings (SSSR count). The molecule has 1 aromatic heterocycles. The van der Waals surface area contributed by atoms with Crippen LogP contribution in [-0.2, 0) is 0 Å². The molecule has 3 aromatic rings. The van der Waals surface area contributed by atoms with E-state index >= 15 is 0 Å². The van der Waals surface area contributed by atoms with E-state index in [4.69, 9.17) is 4.98 Å². The number of anilines is 1. The zero-order valence-electron chi connectivity index (χ0n) is 16.9. The zero-order chi connectivity index (χ0) is 20.4. The van der Waals surface area contributed by atoms with Gasteiger partial charge in [0.2, 0.25) is 0 Å². The van der Waals surface area contributed by atoms with Crippen LogP contribution in [0.15, 0.2) is 52.3 Å². The number of thioether (sulfide) groups is 2. The van der Waals surface area contributed by atoms with Gasteiger partial charge in [0.15, 0.2) is 5.13 Å². The van der Waals surface area contributed by atoms with Gasteiger partial charge in [0.25, 0.3) is 5.91 Å². The highest BCUT2D eigenvalue weighted by atomic mass is 32.2. The van der Waals surface area contributed by atoms with Crippen LogP contribution in [0.5, 0.6) is 0 Å². The predicted molar refractivity (Wildman–Crippen MR) is 127 cm³/mol. The lowest BCUT2D eigenvalue weighted by Gasteiger charge is -2.34. The van der Waals surface area contributed by atoms with Crippen LogP contribution in [-0.4, -0.2) is 53.5 Å². The molecule has 1 amide bonds. The summed E-state index contributed by atoms with van der Waals surface area (Å²) in [6.07, 6.45) is 2.09. The molecule has 2 heterocycles. The lowest BCUT2D eigenvalue weighted by atomic mass is 10.2. The third-order valence-electron chi connectivity index (χ3n) is 4.87. The normalized spacial score (nSPS) is 14.8. The van der Waals surface area contributed by atoms with Crippen molar-refractivity contribution < 1.29 is 4.79 Å². The molecule has 1 fully saturated rings. The predicted octanol–water partition coefficient (Wildman–Crippen LogP) is 5.48. The van der Waals surface area contributed by atoms with Gasteiger partial charge in [-0.25, -0.2) is 4.98 Å². The number of hydrogen-bond acceptors (Lipinski definition) is 6. The first-order valence-electron chi connectivity index (χ1n) is 9.79. The van der Waals surface area contributed by atoms with Crippen LogP contribution >= 0.6 is 34.9 Å². The fraction of sp³-hybridized carbons (Fsp3) is 0.364. The maximum absolute atomic E-state index is 13.0. The third-order valence-corrected chi connectivity index (χ3v) is 7.68. The molecule has 0 unspecified atom stereocenters. The number of piperazine rings is 1. The molecule has 0 bridgehead atoms. The van der Waals surface area contributed by atoms with Crippen molar-refractivity contribution in [2.75, 3.05) is 37.3 Å². The smallest absolute Gasteiger partial charge is 0.254 e. The number of nitrogens with zero attached hydrogens (tertiary/aromatic N) is 3. The third kappa shape index (κ3) is 4.73. The Morgan fingerprint density at radius 2 is 1.86 bits per heavy atom. The lowest BCUT2D eigenvalue weighted by molar-refractivity contribution is 0.0746. The van der Waals surface area contributed by atoms with E-state index in [0.717, 1.165) is 47.3 Å². The minimum atomic E-state index is 0.129. The van der Waals surface area contributed by atoms with Gasteiger partial charge in [-0.15, -0.1) is 23.5 Å². The summed E-state index contributed by atoms with van der Waals surface area (Å²) in [7, 11) is 0. The summed E-state index contributed by atoms with van der Waals surface area (Å²) in [5, 5.41) is 1.56. The van der Waals surface area contributed by atoms with Crippen molar-refractivity contribution >= 4 is 56.1 Å². The second-order valence-electron chi connectivity index (χ2n) is 7.30. The van der Waals surface area contributed by atoms with Gasteiger partial charge in [0.05, 0.1) is 10.2 Å². The molecule has 0 saturated carbocycles.